The molecule has 108 valence electrons. The summed E-state index contributed by atoms with van der Waals surface area (Å²) in [4.78, 5) is 13.0. The van der Waals surface area contributed by atoms with Gasteiger partial charge in [-0.05, 0) is 17.7 Å². The van der Waals surface area contributed by atoms with Crippen LogP contribution in [0.15, 0.2) is 24.3 Å². The number of carbonyl (C=O) groups is 1. The van der Waals surface area contributed by atoms with Crippen LogP contribution in [0.5, 0.6) is 0 Å². The largest absolute Gasteiger partial charge is 0.467 e. The van der Waals surface area contributed by atoms with Crippen LogP contribution in [0.3, 0.4) is 0 Å². The maximum atomic E-state index is 11.1. The summed E-state index contributed by atoms with van der Waals surface area (Å²) in [6.07, 6.45) is -2.52. The number of rotatable bonds is 6. The van der Waals surface area contributed by atoms with Crippen molar-refractivity contribution >= 4 is 11.7 Å². The highest BCUT2D eigenvalue weighted by Crippen LogP contribution is 2.21. The van der Waals surface area contributed by atoms with Gasteiger partial charge in [0.25, 0.3) is 0 Å². The maximum absolute atomic E-state index is 11.1. The van der Waals surface area contributed by atoms with Crippen molar-refractivity contribution in [2.45, 2.75) is 18.6 Å². The van der Waals surface area contributed by atoms with Crippen molar-refractivity contribution in [2.24, 2.45) is 0 Å². The molecule has 0 bridgehead atoms. The number of nitriles is 1. The number of nitrogens with zero attached hydrogens (tertiary/aromatic N) is 2. The van der Waals surface area contributed by atoms with Gasteiger partial charge in [-0.3, -0.25) is 0 Å². The van der Waals surface area contributed by atoms with Crippen LogP contribution in [-0.4, -0.2) is 43.0 Å². The average molecular weight is 278 g/mol. The summed E-state index contributed by atoms with van der Waals surface area (Å²) in [7, 11) is 3.00. The lowest BCUT2D eigenvalue weighted by Crippen LogP contribution is -2.29. The highest BCUT2D eigenvalue weighted by Gasteiger charge is 2.26. The predicted octanol–water partition coefficient (Wildman–Crippen LogP) is 0.604. The smallest absolute Gasteiger partial charge is 0.337 e. The van der Waals surface area contributed by atoms with E-state index in [2.05, 4.69) is 10.8 Å². The minimum atomic E-state index is -1.61. The molecule has 1 rings (SSSR count). The Hall–Kier alpha value is -2.10. The van der Waals surface area contributed by atoms with E-state index in [9.17, 15) is 15.0 Å². The number of hydrogen-bond donors (Lipinski definition) is 2. The summed E-state index contributed by atoms with van der Waals surface area (Å²) in [5.74, 6) is -0.882. The Morgan fingerprint density at radius 1 is 1.40 bits per heavy atom. The molecule has 0 radical (unpaired) electrons. The summed E-state index contributed by atoms with van der Waals surface area (Å²) >= 11 is 0. The second kappa shape index (κ2) is 7.48. The van der Waals surface area contributed by atoms with Gasteiger partial charge in [0.2, 0.25) is 0 Å². The van der Waals surface area contributed by atoms with Crippen LogP contribution in [0.25, 0.3) is 0 Å². The quantitative estimate of drug-likeness (QED) is 0.740. The van der Waals surface area contributed by atoms with Gasteiger partial charge in [0.1, 0.15) is 6.10 Å². The van der Waals surface area contributed by atoms with Gasteiger partial charge in [0.05, 0.1) is 19.6 Å². The molecular formula is C14H18N2O4. The van der Waals surface area contributed by atoms with Crippen LogP contribution in [-0.2, 0) is 9.53 Å². The van der Waals surface area contributed by atoms with Crippen LogP contribution in [0, 0.1) is 11.3 Å². The Balaban J connectivity index is 2.76. The Kier molecular flexibility index (Phi) is 5.97. The van der Waals surface area contributed by atoms with Crippen molar-refractivity contribution in [3.63, 3.8) is 0 Å². The second-order valence-corrected chi connectivity index (χ2v) is 4.33. The van der Waals surface area contributed by atoms with Crippen molar-refractivity contribution in [2.75, 3.05) is 25.6 Å². The van der Waals surface area contributed by atoms with Crippen molar-refractivity contribution in [1.82, 2.24) is 0 Å². The van der Waals surface area contributed by atoms with Crippen LogP contribution < -0.4 is 4.90 Å². The van der Waals surface area contributed by atoms with Crippen molar-refractivity contribution in [3.05, 3.63) is 29.8 Å². The average Bonchev–Trinajstić information content (AvgIpc) is 2.50. The fourth-order valence-electron chi connectivity index (χ4n) is 1.70. The van der Waals surface area contributed by atoms with Crippen molar-refractivity contribution in [1.29, 1.82) is 5.26 Å². The van der Waals surface area contributed by atoms with E-state index >= 15 is 0 Å². The molecule has 0 saturated heterocycles. The molecular weight excluding hydrogens is 260 g/mol. The van der Waals surface area contributed by atoms with E-state index in [0.29, 0.717) is 18.5 Å². The number of methoxy groups -OCH3 is 1. The molecule has 20 heavy (non-hydrogen) atoms. The lowest BCUT2D eigenvalue weighted by atomic mass is 10.0. The standard InChI is InChI=1S/C14H18N2O4/c1-16(9-3-8-15)11-6-4-10(5-7-11)12(17)13(18)14(19)20-2/h4-7,12-13,17-18H,3,9H2,1-2H3. The van der Waals surface area contributed by atoms with E-state index in [4.69, 9.17) is 5.26 Å². The van der Waals surface area contributed by atoms with E-state index in [-0.39, 0.29) is 0 Å². The number of esters is 1. The van der Waals surface area contributed by atoms with E-state index in [1.54, 1.807) is 24.3 Å². The van der Waals surface area contributed by atoms with E-state index in [1.165, 1.54) is 0 Å². The molecule has 0 spiro atoms. The van der Waals surface area contributed by atoms with Crippen molar-refractivity contribution < 1.29 is 19.7 Å². The summed E-state index contributed by atoms with van der Waals surface area (Å²) in [6.45, 7) is 0.600. The highest BCUT2D eigenvalue weighted by atomic mass is 16.5. The summed E-state index contributed by atoms with van der Waals surface area (Å²) in [6, 6.07) is 8.81. The van der Waals surface area contributed by atoms with Crippen LogP contribution in [0.2, 0.25) is 0 Å². The zero-order chi connectivity index (χ0) is 15.1. The Bertz CT molecular complexity index is 481. The Morgan fingerprint density at radius 2 is 2.00 bits per heavy atom. The van der Waals surface area contributed by atoms with Gasteiger partial charge < -0.3 is 19.8 Å². The molecule has 0 amide bonds. The number of aliphatic hydroxyl groups is 2. The third-order valence-electron chi connectivity index (χ3n) is 2.98. The van der Waals surface area contributed by atoms with Crippen LogP contribution in [0.1, 0.15) is 18.1 Å². The van der Waals surface area contributed by atoms with Gasteiger partial charge in [-0.1, -0.05) is 12.1 Å². The minimum absolute atomic E-state index is 0.417. The maximum Gasteiger partial charge on any atom is 0.337 e. The number of hydrogen-bond acceptors (Lipinski definition) is 6. The van der Waals surface area contributed by atoms with Gasteiger partial charge in [0, 0.05) is 19.3 Å². The highest BCUT2D eigenvalue weighted by molar-refractivity contribution is 5.75. The topological polar surface area (TPSA) is 93.8 Å². The molecule has 0 saturated carbocycles. The second-order valence-electron chi connectivity index (χ2n) is 4.33. The molecule has 0 fully saturated rings. The number of anilines is 1. The fourth-order valence-corrected chi connectivity index (χ4v) is 1.70. The van der Waals surface area contributed by atoms with E-state index in [1.807, 2.05) is 11.9 Å². The molecule has 2 N–H and O–H groups in total. The molecule has 1 aromatic rings. The van der Waals surface area contributed by atoms with Gasteiger partial charge >= 0.3 is 5.97 Å². The molecule has 6 heteroatoms. The number of carbonyl (C=O) groups excluding carboxylic acids is 1. The summed E-state index contributed by atoms with van der Waals surface area (Å²) in [5, 5.41) is 28.0. The molecule has 1 aromatic carbocycles. The minimum Gasteiger partial charge on any atom is -0.467 e. The van der Waals surface area contributed by atoms with E-state index in [0.717, 1.165) is 12.8 Å². The first-order valence-corrected chi connectivity index (χ1v) is 6.13. The lowest BCUT2D eigenvalue weighted by molar-refractivity contribution is -0.156. The molecule has 2 unspecified atom stereocenters. The molecule has 0 aliphatic heterocycles. The number of ether oxygens (including phenoxy) is 1. The van der Waals surface area contributed by atoms with Gasteiger partial charge in [0.15, 0.2) is 6.10 Å². The molecule has 0 heterocycles. The number of aliphatic hydroxyl groups excluding tert-OH is 2. The Labute approximate surface area is 117 Å². The molecule has 0 aliphatic rings. The predicted molar refractivity (Wildman–Crippen MR) is 72.9 cm³/mol. The van der Waals surface area contributed by atoms with Gasteiger partial charge in [-0.15, -0.1) is 0 Å². The zero-order valence-electron chi connectivity index (χ0n) is 11.5. The van der Waals surface area contributed by atoms with Crippen molar-refractivity contribution in [3.8, 4) is 6.07 Å². The van der Waals surface area contributed by atoms with Gasteiger partial charge in [-0.25, -0.2) is 4.79 Å². The first kappa shape index (κ1) is 16.0. The normalized spacial score (nSPS) is 13.2. The number of benzene rings is 1. The molecule has 2 atom stereocenters. The first-order chi connectivity index (χ1) is 9.51. The third kappa shape index (κ3) is 3.95. The Morgan fingerprint density at radius 3 is 2.50 bits per heavy atom. The zero-order valence-corrected chi connectivity index (χ0v) is 11.5. The van der Waals surface area contributed by atoms with Crippen LogP contribution >= 0.6 is 0 Å². The summed E-state index contributed by atoms with van der Waals surface area (Å²) in [5.41, 5.74) is 1.30. The van der Waals surface area contributed by atoms with Crippen LogP contribution in [0.4, 0.5) is 5.69 Å². The molecule has 6 nitrogen and oxygen atoms in total. The fraction of sp³-hybridized carbons (Fsp3) is 0.429. The third-order valence-corrected chi connectivity index (χ3v) is 2.98. The summed E-state index contributed by atoms with van der Waals surface area (Å²) < 4.78 is 4.37. The van der Waals surface area contributed by atoms with Gasteiger partial charge in [-0.2, -0.15) is 5.26 Å². The lowest BCUT2D eigenvalue weighted by Gasteiger charge is -2.20. The van der Waals surface area contributed by atoms with E-state index < -0.39 is 18.2 Å². The first-order valence-electron chi connectivity index (χ1n) is 6.13. The monoisotopic (exact) mass is 278 g/mol. The molecule has 0 aromatic heterocycles. The SMILES string of the molecule is COC(=O)C(O)C(O)c1ccc(N(C)CCC#N)cc1. The molecule has 0 aliphatic carbocycles.